The summed E-state index contributed by atoms with van der Waals surface area (Å²) in [6.07, 6.45) is -5.69. The average molecular weight is 780 g/mol. The molecule has 298 valence electrons. The zero-order valence-electron chi connectivity index (χ0n) is 32.3. The Labute approximate surface area is 331 Å². The van der Waals surface area contributed by atoms with E-state index in [4.69, 9.17) is 9.47 Å². The summed E-state index contributed by atoms with van der Waals surface area (Å²) >= 11 is 0. The van der Waals surface area contributed by atoms with E-state index in [-0.39, 0.29) is 50.3 Å². The lowest BCUT2D eigenvalue weighted by molar-refractivity contribution is -0.276. The minimum absolute atomic E-state index is 0.00884. The van der Waals surface area contributed by atoms with E-state index in [1.807, 2.05) is 78.9 Å². The topological polar surface area (TPSA) is 91.3 Å². The Balaban J connectivity index is 1.09. The third-order valence-corrected chi connectivity index (χ3v) is 11.5. The van der Waals surface area contributed by atoms with Gasteiger partial charge in [0.1, 0.15) is 6.04 Å². The van der Waals surface area contributed by atoms with Crippen LogP contribution < -0.4 is 5.32 Å². The number of likely N-dealkylation sites (N-methyl/N-ethyl adjacent to an activating group) is 1. The van der Waals surface area contributed by atoms with Gasteiger partial charge >= 0.3 is 12.1 Å². The molecule has 2 aliphatic heterocycles. The third-order valence-electron chi connectivity index (χ3n) is 11.5. The minimum Gasteiger partial charge on any atom is -0.392 e. The first kappa shape index (κ1) is 40.1. The number of amides is 2. The van der Waals surface area contributed by atoms with E-state index in [0.717, 1.165) is 33.4 Å². The number of fused-ring (bicyclic) bond motifs is 1. The van der Waals surface area contributed by atoms with E-state index in [0.29, 0.717) is 17.9 Å². The summed E-state index contributed by atoms with van der Waals surface area (Å²) in [4.78, 5) is 27.8. The molecule has 5 aromatic rings. The first-order chi connectivity index (χ1) is 27.4. The van der Waals surface area contributed by atoms with E-state index in [1.54, 1.807) is 0 Å². The first-order valence-corrected chi connectivity index (χ1v) is 19.4. The molecule has 5 aromatic carbocycles. The van der Waals surface area contributed by atoms with Gasteiger partial charge in [0.25, 0.3) is 0 Å². The fraction of sp³-hybridized carbons (Fsp3) is 0.348. The maximum atomic E-state index is 13.1. The predicted octanol–water partition coefficient (Wildman–Crippen LogP) is 8.65. The van der Waals surface area contributed by atoms with Gasteiger partial charge in [0.2, 0.25) is 5.91 Å². The lowest BCUT2D eigenvalue weighted by atomic mass is 9.89. The minimum atomic E-state index is -5.03. The molecule has 2 amide bonds. The molecule has 2 heterocycles. The van der Waals surface area contributed by atoms with E-state index in [2.05, 4.69) is 67.5 Å². The molecule has 2 aliphatic rings. The van der Waals surface area contributed by atoms with Crippen molar-refractivity contribution in [1.82, 2.24) is 15.1 Å². The molecule has 0 spiro atoms. The van der Waals surface area contributed by atoms with Crippen molar-refractivity contribution in [2.45, 2.75) is 76.6 Å². The van der Waals surface area contributed by atoms with Crippen molar-refractivity contribution < 1.29 is 37.3 Å². The second-order valence-electron chi connectivity index (χ2n) is 15.2. The number of nitrogens with one attached hydrogen (secondary N) is 1. The molecule has 6 atom stereocenters. The van der Waals surface area contributed by atoms with Crippen molar-refractivity contribution in [2.75, 3.05) is 20.1 Å². The zero-order valence-corrected chi connectivity index (χ0v) is 32.3. The lowest BCUT2D eigenvalue weighted by Gasteiger charge is -2.43. The van der Waals surface area contributed by atoms with Crippen molar-refractivity contribution in [1.29, 1.82) is 0 Å². The molecule has 0 radical (unpaired) electrons. The molecule has 0 aromatic heterocycles. The predicted molar refractivity (Wildman–Crippen MR) is 212 cm³/mol. The molecular weight excluding hydrogens is 732 g/mol. The standard InChI is InChI=1S/C46H48F3N3O5/c1-29-41(27-51(3)30(2)35-21-20-33-10-4-5-11-37(33)24-35)56-44(57-42(29)34-18-16-31(28-53)17-19-34)39-14-7-13-38(25-39)36-12-6-9-32(23-36)26-50-43(54)40-15-8-22-52(40)45(55)46(47,48)49/h4-7,9-14,16-21,23-25,29-30,40-42,44,53H,8,15,22,26-28H2,1-3H3,(H,50,54). The first-order valence-electron chi connectivity index (χ1n) is 19.4. The van der Waals surface area contributed by atoms with Gasteiger partial charge in [0.15, 0.2) is 6.29 Å². The molecule has 11 heteroatoms. The van der Waals surface area contributed by atoms with E-state index >= 15 is 0 Å². The van der Waals surface area contributed by atoms with Crippen LogP contribution in [0.3, 0.4) is 0 Å². The highest BCUT2D eigenvalue weighted by Gasteiger charge is 2.47. The largest absolute Gasteiger partial charge is 0.471 e. The van der Waals surface area contributed by atoms with Crippen molar-refractivity contribution in [2.24, 2.45) is 5.92 Å². The number of hydrogen-bond donors (Lipinski definition) is 2. The molecule has 6 unspecified atom stereocenters. The Morgan fingerprint density at radius 3 is 2.32 bits per heavy atom. The van der Waals surface area contributed by atoms with Crippen LogP contribution in [0.2, 0.25) is 0 Å². The van der Waals surface area contributed by atoms with Gasteiger partial charge in [-0.2, -0.15) is 13.2 Å². The number of rotatable bonds is 11. The Morgan fingerprint density at radius 2 is 1.58 bits per heavy atom. The number of carbonyl (C=O) groups excluding carboxylic acids is 2. The van der Waals surface area contributed by atoms with Gasteiger partial charge in [0, 0.05) is 37.2 Å². The number of nitrogens with zero attached hydrogens (tertiary/aromatic N) is 2. The number of ether oxygens (including phenoxy) is 2. The lowest BCUT2D eigenvalue weighted by Crippen LogP contribution is -2.50. The van der Waals surface area contributed by atoms with Gasteiger partial charge < -0.3 is 24.8 Å². The molecule has 0 bridgehead atoms. The summed E-state index contributed by atoms with van der Waals surface area (Å²) in [5.74, 6) is -2.60. The maximum Gasteiger partial charge on any atom is 0.471 e. The second kappa shape index (κ2) is 17.2. The quantitative estimate of drug-likeness (QED) is 0.140. The smallest absolute Gasteiger partial charge is 0.392 e. The Hall–Kier alpha value is -5.07. The number of likely N-dealkylation sites (tertiary alicyclic amines) is 1. The van der Waals surface area contributed by atoms with E-state index in [9.17, 15) is 27.9 Å². The van der Waals surface area contributed by atoms with Gasteiger partial charge in [-0.15, -0.1) is 0 Å². The summed E-state index contributed by atoms with van der Waals surface area (Å²) in [5, 5.41) is 14.8. The summed E-state index contributed by atoms with van der Waals surface area (Å²) < 4.78 is 53.0. The average Bonchev–Trinajstić information content (AvgIpc) is 3.73. The second-order valence-corrected chi connectivity index (χ2v) is 15.2. The molecule has 0 saturated carbocycles. The van der Waals surface area contributed by atoms with Crippen molar-refractivity contribution in [3.63, 3.8) is 0 Å². The molecule has 0 aliphatic carbocycles. The summed E-state index contributed by atoms with van der Waals surface area (Å²) in [5.41, 5.74) is 6.40. The molecule has 2 saturated heterocycles. The van der Waals surface area contributed by atoms with Gasteiger partial charge in [-0.25, -0.2) is 0 Å². The molecule has 57 heavy (non-hydrogen) atoms. The number of aliphatic hydroxyl groups is 1. The van der Waals surface area contributed by atoms with Gasteiger partial charge in [-0.05, 0) is 89.2 Å². The van der Waals surface area contributed by atoms with Crippen LogP contribution in [0.15, 0.2) is 115 Å². The normalized spacial score (nSPS) is 21.8. The maximum absolute atomic E-state index is 13.1. The van der Waals surface area contributed by atoms with Crippen LogP contribution in [-0.2, 0) is 32.2 Å². The highest BCUT2D eigenvalue weighted by molar-refractivity contribution is 5.90. The van der Waals surface area contributed by atoms with Crippen molar-refractivity contribution >= 4 is 22.6 Å². The van der Waals surface area contributed by atoms with Crippen LogP contribution in [0.4, 0.5) is 13.2 Å². The van der Waals surface area contributed by atoms with Crippen LogP contribution in [0.5, 0.6) is 0 Å². The SMILES string of the molecule is CC1C(CN(C)C(C)c2ccc3ccccc3c2)OC(c2cccc(-c3cccc(CNC(=O)C4CCCN4C(=O)C(F)(F)F)c3)c2)OC1c1ccc(CO)cc1. The molecular formula is C46H48F3N3O5. The number of halogens is 3. The van der Waals surface area contributed by atoms with Crippen LogP contribution >= 0.6 is 0 Å². The zero-order chi connectivity index (χ0) is 40.3. The van der Waals surface area contributed by atoms with Gasteiger partial charge in [-0.1, -0.05) is 104 Å². The molecule has 2 fully saturated rings. The molecule has 7 rings (SSSR count). The van der Waals surface area contributed by atoms with Gasteiger partial charge in [0.05, 0.1) is 18.8 Å². The van der Waals surface area contributed by atoms with E-state index < -0.39 is 30.3 Å². The highest BCUT2D eigenvalue weighted by atomic mass is 19.4. The van der Waals surface area contributed by atoms with Crippen LogP contribution in [0.1, 0.15) is 72.9 Å². The summed E-state index contributed by atoms with van der Waals surface area (Å²) in [7, 11) is 2.12. The third kappa shape index (κ3) is 9.07. The van der Waals surface area contributed by atoms with E-state index in [1.165, 1.54) is 16.3 Å². The number of hydrogen-bond acceptors (Lipinski definition) is 6. The summed E-state index contributed by atoms with van der Waals surface area (Å²) in [6, 6.07) is 37.3. The van der Waals surface area contributed by atoms with Crippen molar-refractivity contribution in [3.05, 3.63) is 143 Å². The van der Waals surface area contributed by atoms with Crippen LogP contribution in [-0.4, -0.2) is 65.2 Å². The van der Waals surface area contributed by atoms with Crippen molar-refractivity contribution in [3.8, 4) is 11.1 Å². The Morgan fingerprint density at radius 1 is 0.860 bits per heavy atom. The Bertz CT molecular complexity index is 2190. The number of carbonyl (C=O) groups is 2. The Kier molecular flexibility index (Phi) is 12.1. The fourth-order valence-electron chi connectivity index (χ4n) is 7.97. The highest BCUT2D eigenvalue weighted by Crippen LogP contribution is 2.43. The number of aliphatic hydroxyl groups excluding tert-OH is 1. The van der Waals surface area contributed by atoms with Crippen LogP contribution in [0, 0.1) is 5.92 Å². The number of benzene rings is 5. The van der Waals surface area contributed by atoms with Gasteiger partial charge in [-0.3, -0.25) is 14.5 Å². The summed E-state index contributed by atoms with van der Waals surface area (Å²) in [6.45, 7) is 4.95. The monoisotopic (exact) mass is 779 g/mol. The number of alkyl halides is 3. The molecule has 8 nitrogen and oxygen atoms in total. The molecule has 2 N–H and O–H groups in total. The van der Waals surface area contributed by atoms with Crippen LogP contribution in [0.25, 0.3) is 21.9 Å². The fourth-order valence-corrected chi connectivity index (χ4v) is 7.97.